The van der Waals surface area contributed by atoms with Crippen molar-refractivity contribution in [2.75, 3.05) is 5.73 Å². The number of nitrogens with zero attached hydrogens (tertiary/aromatic N) is 5. The van der Waals surface area contributed by atoms with E-state index in [0.717, 1.165) is 5.69 Å². The highest BCUT2D eigenvalue weighted by Gasteiger charge is 2.15. The Bertz CT molecular complexity index is 1070. The number of aryl methyl sites for hydroxylation is 1. The van der Waals surface area contributed by atoms with Gasteiger partial charge in [-0.05, 0) is 19.1 Å². The Kier molecular flexibility index (Phi) is 2.67. The summed E-state index contributed by atoms with van der Waals surface area (Å²) in [5.41, 5.74) is 7.81. The molecule has 0 saturated heterocycles. The number of anilines is 1. The van der Waals surface area contributed by atoms with Crippen LogP contribution >= 0.6 is 11.3 Å². The molecule has 2 N–H and O–H groups in total. The van der Waals surface area contributed by atoms with E-state index in [9.17, 15) is 4.79 Å². The second-order valence-electron chi connectivity index (χ2n) is 4.80. The van der Waals surface area contributed by atoms with Crippen LogP contribution in [0.1, 0.15) is 5.69 Å². The Balaban J connectivity index is 2.06. The molecule has 0 spiro atoms. The smallest absolute Gasteiger partial charge is 0.276 e. The lowest BCUT2D eigenvalue weighted by Gasteiger charge is -2.04. The molecule has 0 aliphatic heterocycles. The van der Waals surface area contributed by atoms with Crippen molar-refractivity contribution in [3.63, 3.8) is 0 Å². The number of hydrogen-bond donors (Lipinski definition) is 1. The van der Waals surface area contributed by atoms with E-state index in [2.05, 4.69) is 19.9 Å². The summed E-state index contributed by atoms with van der Waals surface area (Å²) < 4.78 is 1.97. The zero-order valence-corrected chi connectivity index (χ0v) is 12.3. The van der Waals surface area contributed by atoms with Gasteiger partial charge >= 0.3 is 0 Å². The van der Waals surface area contributed by atoms with Crippen molar-refractivity contribution in [3.05, 3.63) is 47.0 Å². The first-order chi connectivity index (χ1) is 10.6. The van der Waals surface area contributed by atoms with Crippen LogP contribution in [0.2, 0.25) is 0 Å². The summed E-state index contributed by atoms with van der Waals surface area (Å²) in [6.07, 6.45) is 4.51. The molecular weight excluding hydrogens is 300 g/mol. The summed E-state index contributed by atoms with van der Waals surface area (Å²) in [5.74, 6) is 0.331. The van der Waals surface area contributed by atoms with E-state index in [0.29, 0.717) is 31.9 Å². The topological polar surface area (TPSA) is 99.6 Å². The molecule has 108 valence electrons. The minimum absolute atomic E-state index is 0.168. The van der Waals surface area contributed by atoms with Crippen LogP contribution in [0, 0.1) is 6.92 Å². The monoisotopic (exact) mass is 310 g/mol. The van der Waals surface area contributed by atoms with Gasteiger partial charge in [0.1, 0.15) is 33.5 Å². The fourth-order valence-corrected chi connectivity index (χ4v) is 3.31. The van der Waals surface area contributed by atoms with Gasteiger partial charge in [-0.1, -0.05) is 0 Å². The predicted molar refractivity (Wildman–Crippen MR) is 85.3 cm³/mol. The van der Waals surface area contributed by atoms with Crippen LogP contribution in [-0.2, 0) is 0 Å². The molecule has 4 heterocycles. The number of pyridine rings is 1. The zero-order chi connectivity index (χ0) is 15.3. The van der Waals surface area contributed by atoms with E-state index in [4.69, 9.17) is 5.73 Å². The van der Waals surface area contributed by atoms with E-state index in [1.807, 2.05) is 19.1 Å². The van der Waals surface area contributed by atoms with Gasteiger partial charge in [0.15, 0.2) is 0 Å². The minimum atomic E-state index is -0.168. The molecule has 7 nitrogen and oxygen atoms in total. The van der Waals surface area contributed by atoms with Crippen LogP contribution in [0.3, 0.4) is 0 Å². The summed E-state index contributed by atoms with van der Waals surface area (Å²) in [4.78, 5) is 30.1. The summed E-state index contributed by atoms with van der Waals surface area (Å²) in [7, 11) is 0. The molecule has 22 heavy (non-hydrogen) atoms. The summed E-state index contributed by atoms with van der Waals surface area (Å²) in [6.45, 7) is 1.89. The Labute approximate surface area is 128 Å². The minimum Gasteiger partial charge on any atom is -0.383 e. The van der Waals surface area contributed by atoms with E-state index < -0.39 is 0 Å². The van der Waals surface area contributed by atoms with Gasteiger partial charge in [-0.25, -0.2) is 15.0 Å². The lowest BCUT2D eigenvalue weighted by molar-refractivity contribution is 0.953. The number of thiophene rings is 1. The van der Waals surface area contributed by atoms with Gasteiger partial charge in [0, 0.05) is 5.69 Å². The Morgan fingerprint density at radius 1 is 1.18 bits per heavy atom. The molecule has 8 heteroatoms. The standard InChI is InChI=1S/C14H10N6OS/c1-7-2-3-8(4-16-7)20-6-19-10-9-12(15)17-5-18-13(9)22-11(10)14(20)21/h2-6H,1H3,(H2,15,17,18). The van der Waals surface area contributed by atoms with Crippen LogP contribution < -0.4 is 11.3 Å². The van der Waals surface area contributed by atoms with Crippen LogP contribution in [0.5, 0.6) is 0 Å². The molecule has 4 aromatic rings. The molecule has 4 aromatic heterocycles. The van der Waals surface area contributed by atoms with Gasteiger partial charge in [0.05, 0.1) is 17.3 Å². The Hall–Kier alpha value is -2.87. The van der Waals surface area contributed by atoms with E-state index in [1.54, 1.807) is 6.20 Å². The number of aromatic nitrogens is 5. The molecule has 0 unspecified atom stereocenters. The van der Waals surface area contributed by atoms with Gasteiger partial charge < -0.3 is 5.73 Å². The maximum absolute atomic E-state index is 12.7. The normalized spacial score (nSPS) is 11.3. The third-order valence-electron chi connectivity index (χ3n) is 3.38. The highest BCUT2D eigenvalue weighted by molar-refractivity contribution is 7.25. The fraction of sp³-hybridized carbons (Fsp3) is 0.0714. The van der Waals surface area contributed by atoms with Gasteiger partial charge in [-0.2, -0.15) is 0 Å². The number of nitrogens with two attached hydrogens (primary N) is 1. The first-order valence-corrected chi connectivity index (χ1v) is 7.30. The van der Waals surface area contributed by atoms with Crippen molar-refractivity contribution in [2.45, 2.75) is 6.92 Å². The van der Waals surface area contributed by atoms with E-state index in [1.165, 1.54) is 28.6 Å². The molecule has 4 rings (SSSR count). The van der Waals surface area contributed by atoms with Gasteiger partial charge in [0.25, 0.3) is 5.56 Å². The average Bonchev–Trinajstić information content (AvgIpc) is 2.90. The van der Waals surface area contributed by atoms with Crippen molar-refractivity contribution in [3.8, 4) is 5.69 Å². The second-order valence-corrected chi connectivity index (χ2v) is 5.80. The lowest BCUT2D eigenvalue weighted by Crippen LogP contribution is -2.17. The summed E-state index contributed by atoms with van der Waals surface area (Å²) >= 11 is 1.27. The van der Waals surface area contributed by atoms with Crippen molar-refractivity contribution in [1.82, 2.24) is 24.5 Å². The summed E-state index contributed by atoms with van der Waals surface area (Å²) in [5, 5.41) is 0.633. The molecule has 0 aliphatic rings. The van der Waals surface area contributed by atoms with Crippen molar-refractivity contribution in [2.24, 2.45) is 0 Å². The second kappa shape index (κ2) is 4.57. The van der Waals surface area contributed by atoms with Crippen LogP contribution in [0.15, 0.2) is 35.8 Å². The quantitative estimate of drug-likeness (QED) is 0.574. The highest BCUT2D eigenvalue weighted by atomic mass is 32.1. The highest BCUT2D eigenvalue weighted by Crippen LogP contribution is 2.31. The molecule has 0 atom stereocenters. The molecule has 0 amide bonds. The third kappa shape index (κ3) is 1.77. The molecule has 0 aromatic carbocycles. The maximum atomic E-state index is 12.7. The van der Waals surface area contributed by atoms with Crippen molar-refractivity contribution < 1.29 is 0 Å². The summed E-state index contributed by atoms with van der Waals surface area (Å²) in [6, 6.07) is 3.68. The Morgan fingerprint density at radius 2 is 2.05 bits per heavy atom. The van der Waals surface area contributed by atoms with Crippen molar-refractivity contribution in [1.29, 1.82) is 0 Å². The number of nitrogen functional groups attached to an aromatic ring is 1. The Morgan fingerprint density at radius 3 is 2.82 bits per heavy atom. The zero-order valence-electron chi connectivity index (χ0n) is 11.5. The molecule has 0 saturated carbocycles. The van der Waals surface area contributed by atoms with Crippen LogP contribution in [0.25, 0.3) is 26.1 Å². The largest absolute Gasteiger partial charge is 0.383 e. The van der Waals surface area contributed by atoms with E-state index >= 15 is 0 Å². The van der Waals surface area contributed by atoms with Gasteiger partial charge in [-0.15, -0.1) is 11.3 Å². The van der Waals surface area contributed by atoms with Crippen molar-refractivity contribution >= 4 is 37.6 Å². The SMILES string of the molecule is Cc1ccc(-n2cnc3c(sc4ncnc(N)c43)c2=O)cn1. The third-order valence-corrected chi connectivity index (χ3v) is 4.46. The first-order valence-electron chi connectivity index (χ1n) is 6.48. The van der Waals surface area contributed by atoms with Crippen LogP contribution in [-0.4, -0.2) is 24.5 Å². The maximum Gasteiger partial charge on any atom is 0.276 e. The average molecular weight is 310 g/mol. The molecule has 0 aliphatic carbocycles. The molecule has 0 radical (unpaired) electrons. The molecule has 0 fully saturated rings. The van der Waals surface area contributed by atoms with E-state index in [-0.39, 0.29) is 5.56 Å². The number of hydrogen-bond acceptors (Lipinski definition) is 7. The van der Waals surface area contributed by atoms with Gasteiger partial charge in [-0.3, -0.25) is 14.3 Å². The van der Waals surface area contributed by atoms with Crippen LogP contribution in [0.4, 0.5) is 5.82 Å². The predicted octanol–water partition coefficient (Wildman–Crippen LogP) is 1.68. The van der Waals surface area contributed by atoms with Gasteiger partial charge in [0.2, 0.25) is 0 Å². The first kappa shape index (κ1) is 12.8. The fourth-order valence-electron chi connectivity index (χ4n) is 2.27. The molecular formula is C14H10N6OS. The number of fused-ring (bicyclic) bond motifs is 3. The lowest BCUT2D eigenvalue weighted by atomic mass is 10.3. The molecule has 0 bridgehead atoms. The number of rotatable bonds is 1.